The first-order valence-corrected chi connectivity index (χ1v) is 7.99. The lowest BCUT2D eigenvalue weighted by Crippen LogP contribution is -2.31. The van der Waals surface area contributed by atoms with Crippen LogP contribution >= 0.6 is 23.2 Å². The van der Waals surface area contributed by atoms with Gasteiger partial charge in [-0.1, -0.05) is 49.5 Å². The second kappa shape index (κ2) is 6.97. The maximum atomic E-state index is 6.28. The summed E-state index contributed by atoms with van der Waals surface area (Å²) in [6.45, 7) is 5.52. The van der Waals surface area contributed by atoms with Gasteiger partial charge < -0.3 is 5.32 Å². The molecule has 0 spiro atoms. The molecule has 2 unspecified atom stereocenters. The number of halogens is 2. The molecule has 0 saturated heterocycles. The molecule has 1 aromatic rings. The molecule has 1 aliphatic carbocycles. The zero-order valence-electron chi connectivity index (χ0n) is 11.8. The second-order valence-corrected chi connectivity index (χ2v) is 6.73. The molecule has 0 radical (unpaired) electrons. The summed E-state index contributed by atoms with van der Waals surface area (Å²) in [4.78, 5) is 0. The Bertz CT molecular complexity index is 397. The molecule has 106 valence electrons. The molecule has 1 saturated carbocycles. The van der Waals surface area contributed by atoms with Gasteiger partial charge in [0.1, 0.15) is 0 Å². The van der Waals surface area contributed by atoms with Gasteiger partial charge in [0.25, 0.3) is 0 Å². The van der Waals surface area contributed by atoms with Crippen LogP contribution in [0.15, 0.2) is 18.2 Å². The minimum atomic E-state index is 0.560. The minimum absolute atomic E-state index is 0.560. The fraction of sp³-hybridized carbons (Fsp3) is 0.625. The molecule has 1 aromatic carbocycles. The van der Waals surface area contributed by atoms with E-state index in [0.717, 1.165) is 34.5 Å². The van der Waals surface area contributed by atoms with Crippen molar-refractivity contribution in [2.75, 3.05) is 6.54 Å². The lowest BCUT2D eigenvalue weighted by molar-refractivity contribution is 0.354. The van der Waals surface area contributed by atoms with Crippen molar-refractivity contribution in [2.24, 2.45) is 11.8 Å². The van der Waals surface area contributed by atoms with Gasteiger partial charge in [0, 0.05) is 16.1 Å². The number of benzene rings is 1. The van der Waals surface area contributed by atoms with Crippen molar-refractivity contribution in [1.82, 2.24) is 5.32 Å². The van der Waals surface area contributed by atoms with Crippen molar-refractivity contribution in [3.63, 3.8) is 0 Å². The first kappa shape index (κ1) is 15.2. The van der Waals surface area contributed by atoms with Crippen molar-refractivity contribution in [1.29, 1.82) is 0 Å². The highest BCUT2D eigenvalue weighted by atomic mass is 35.5. The Morgan fingerprint density at radius 2 is 1.79 bits per heavy atom. The molecule has 3 heteroatoms. The van der Waals surface area contributed by atoms with Crippen molar-refractivity contribution in [3.8, 4) is 0 Å². The van der Waals surface area contributed by atoms with Crippen LogP contribution in [0.2, 0.25) is 10.0 Å². The van der Waals surface area contributed by atoms with Crippen molar-refractivity contribution in [3.05, 3.63) is 33.8 Å². The van der Waals surface area contributed by atoms with Crippen molar-refractivity contribution < 1.29 is 0 Å². The third-order valence-corrected chi connectivity index (χ3v) is 4.84. The van der Waals surface area contributed by atoms with Crippen LogP contribution in [0.4, 0.5) is 0 Å². The normalized spacial score (nSPS) is 23.2. The Morgan fingerprint density at radius 3 is 2.42 bits per heavy atom. The highest BCUT2D eigenvalue weighted by molar-refractivity contribution is 6.35. The Kier molecular flexibility index (Phi) is 5.56. The largest absolute Gasteiger partial charge is 0.314 e. The predicted molar refractivity (Wildman–Crippen MR) is 84.1 cm³/mol. The molecule has 1 N–H and O–H groups in total. The zero-order valence-corrected chi connectivity index (χ0v) is 13.3. The number of hydrogen-bond acceptors (Lipinski definition) is 1. The van der Waals surface area contributed by atoms with Gasteiger partial charge in [-0.3, -0.25) is 0 Å². The lowest BCUT2D eigenvalue weighted by atomic mass is 9.89. The van der Waals surface area contributed by atoms with Crippen molar-refractivity contribution in [2.45, 2.75) is 45.6 Å². The molecule has 0 aliphatic heterocycles. The van der Waals surface area contributed by atoms with Gasteiger partial charge in [-0.05, 0) is 55.3 Å². The summed E-state index contributed by atoms with van der Waals surface area (Å²) in [6.07, 6.45) is 4.97. The Morgan fingerprint density at radius 1 is 1.16 bits per heavy atom. The Hall–Kier alpha value is -0.240. The maximum Gasteiger partial charge on any atom is 0.0452 e. The van der Waals surface area contributed by atoms with Gasteiger partial charge in [-0.15, -0.1) is 0 Å². The summed E-state index contributed by atoms with van der Waals surface area (Å²) >= 11 is 12.6. The number of rotatable bonds is 5. The van der Waals surface area contributed by atoms with E-state index in [1.807, 2.05) is 18.2 Å². The van der Waals surface area contributed by atoms with E-state index in [2.05, 4.69) is 19.2 Å². The standard InChI is InChI=1S/C16H23Cl2N/c1-11(2)19-10-13-6-3-5-12(13)9-14-15(17)7-4-8-16(14)18/h4,7-8,11-13,19H,3,5-6,9-10H2,1-2H3. The average molecular weight is 300 g/mol. The van der Waals surface area contributed by atoms with Crippen LogP contribution in [0.3, 0.4) is 0 Å². The molecule has 0 heterocycles. The lowest BCUT2D eigenvalue weighted by Gasteiger charge is -2.22. The molecule has 1 nitrogen and oxygen atoms in total. The van der Waals surface area contributed by atoms with Gasteiger partial charge in [0.05, 0.1) is 0 Å². The van der Waals surface area contributed by atoms with Gasteiger partial charge in [-0.2, -0.15) is 0 Å². The molecule has 19 heavy (non-hydrogen) atoms. The van der Waals surface area contributed by atoms with Crippen molar-refractivity contribution >= 4 is 23.2 Å². The summed E-state index contributed by atoms with van der Waals surface area (Å²) < 4.78 is 0. The fourth-order valence-corrected chi connectivity index (χ4v) is 3.58. The maximum absolute atomic E-state index is 6.28. The van der Waals surface area contributed by atoms with Crippen LogP contribution in [0.5, 0.6) is 0 Å². The Labute approximate surface area is 126 Å². The fourth-order valence-electron chi connectivity index (χ4n) is 3.03. The minimum Gasteiger partial charge on any atom is -0.314 e. The first-order chi connectivity index (χ1) is 9.08. The Balaban J connectivity index is 2.01. The summed E-state index contributed by atoms with van der Waals surface area (Å²) in [5.74, 6) is 1.47. The molecule has 2 rings (SSSR count). The average Bonchev–Trinajstić information content (AvgIpc) is 2.79. The van der Waals surface area contributed by atoms with Gasteiger partial charge >= 0.3 is 0 Å². The van der Waals surface area contributed by atoms with Crippen LogP contribution in [-0.2, 0) is 6.42 Å². The van der Waals surface area contributed by atoms with Crippen LogP contribution in [0, 0.1) is 11.8 Å². The summed E-state index contributed by atoms with van der Waals surface area (Å²) in [5.41, 5.74) is 1.13. The first-order valence-electron chi connectivity index (χ1n) is 7.24. The van der Waals surface area contributed by atoms with E-state index in [9.17, 15) is 0 Å². The van der Waals surface area contributed by atoms with Crippen LogP contribution in [0.1, 0.15) is 38.7 Å². The molecule has 0 bridgehead atoms. The molecular formula is C16H23Cl2N. The SMILES string of the molecule is CC(C)NCC1CCCC1Cc1c(Cl)cccc1Cl. The van der Waals surface area contributed by atoms with Gasteiger partial charge in [-0.25, -0.2) is 0 Å². The summed E-state index contributed by atoms with van der Waals surface area (Å²) in [6, 6.07) is 6.36. The zero-order chi connectivity index (χ0) is 13.8. The highest BCUT2D eigenvalue weighted by Gasteiger charge is 2.28. The molecule has 0 aromatic heterocycles. The van der Waals surface area contributed by atoms with E-state index in [1.165, 1.54) is 19.3 Å². The summed E-state index contributed by atoms with van der Waals surface area (Å²) in [7, 11) is 0. The van der Waals surface area contributed by atoms with E-state index < -0.39 is 0 Å². The molecule has 1 aliphatic rings. The smallest absolute Gasteiger partial charge is 0.0452 e. The monoisotopic (exact) mass is 299 g/mol. The highest BCUT2D eigenvalue weighted by Crippen LogP contribution is 2.37. The van der Waals surface area contributed by atoms with Crippen LogP contribution in [0.25, 0.3) is 0 Å². The molecular weight excluding hydrogens is 277 g/mol. The molecule has 2 atom stereocenters. The quantitative estimate of drug-likeness (QED) is 0.811. The predicted octanol–water partition coefficient (Wildman–Crippen LogP) is 4.95. The topological polar surface area (TPSA) is 12.0 Å². The summed E-state index contributed by atoms with van der Waals surface area (Å²) in [5, 5.41) is 5.20. The van der Waals surface area contributed by atoms with Gasteiger partial charge in [0.15, 0.2) is 0 Å². The van der Waals surface area contributed by atoms with E-state index >= 15 is 0 Å². The van der Waals surface area contributed by atoms with E-state index in [-0.39, 0.29) is 0 Å². The van der Waals surface area contributed by atoms with E-state index in [0.29, 0.717) is 12.0 Å². The van der Waals surface area contributed by atoms with E-state index in [1.54, 1.807) is 0 Å². The third kappa shape index (κ3) is 4.11. The third-order valence-electron chi connectivity index (χ3n) is 4.13. The van der Waals surface area contributed by atoms with E-state index in [4.69, 9.17) is 23.2 Å². The second-order valence-electron chi connectivity index (χ2n) is 5.92. The molecule has 0 amide bonds. The number of hydrogen-bond donors (Lipinski definition) is 1. The number of nitrogens with one attached hydrogen (secondary N) is 1. The van der Waals surface area contributed by atoms with Crippen LogP contribution < -0.4 is 5.32 Å². The van der Waals surface area contributed by atoms with Crippen LogP contribution in [-0.4, -0.2) is 12.6 Å². The van der Waals surface area contributed by atoms with Gasteiger partial charge in [0.2, 0.25) is 0 Å². The molecule has 1 fully saturated rings.